The number of hydrogen-bond acceptors (Lipinski definition) is 4. The monoisotopic (exact) mass is 383 g/mol. The molecule has 0 atom stereocenters. The zero-order valence-corrected chi connectivity index (χ0v) is 13.6. The van der Waals surface area contributed by atoms with E-state index in [4.69, 9.17) is 0 Å². The van der Waals surface area contributed by atoms with Crippen molar-refractivity contribution in [3.63, 3.8) is 0 Å². The number of benzene rings is 1. The van der Waals surface area contributed by atoms with Gasteiger partial charge in [-0.2, -0.15) is 18.3 Å². The van der Waals surface area contributed by atoms with Gasteiger partial charge in [-0.25, -0.2) is 13.6 Å². The molecule has 0 aliphatic carbocycles. The third-order valence-electron chi connectivity index (χ3n) is 3.53. The van der Waals surface area contributed by atoms with Crippen LogP contribution in [0, 0.1) is 11.6 Å². The van der Waals surface area contributed by atoms with E-state index < -0.39 is 29.5 Å². The van der Waals surface area contributed by atoms with Gasteiger partial charge in [0.1, 0.15) is 0 Å². The maximum atomic E-state index is 13.5. The zero-order chi connectivity index (χ0) is 19.8. The Bertz CT molecular complexity index is 1010. The van der Waals surface area contributed by atoms with E-state index in [1.165, 1.54) is 29.2 Å². The van der Waals surface area contributed by atoms with Crippen molar-refractivity contribution in [2.75, 3.05) is 0 Å². The summed E-state index contributed by atoms with van der Waals surface area (Å²) in [5.74, 6) is -5.02. The number of hydrogen-bond donors (Lipinski definition) is 0. The minimum Gasteiger partial charge on any atom is -0.418 e. The molecule has 27 heavy (non-hydrogen) atoms. The van der Waals surface area contributed by atoms with Gasteiger partial charge in [-0.05, 0) is 24.3 Å². The summed E-state index contributed by atoms with van der Waals surface area (Å²) in [4.78, 5) is 15.1. The first-order valence-corrected chi connectivity index (χ1v) is 7.38. The van der Waals surface area contributed by atoms with Gasteiger partial charge in [0, 0.05) is 29.9 Å². The van der Waals surface area contributed by atoms with Gasteiger partial charge in [0.05, 0.1) is 18.1 Å². The van der Waals surface area contributed by atoms with Crippen LogP contribution in [-0.4, -0.2) is 26.9 Å². The Morgan fingerprint density at radius 3 is 2.41 bits per heavy atom. The van der Waals surface area contributed by atoms with Gasteiger partial charge in [0.25, 0.3) is 0 Å². The number of nitrogens with zero attached hydrogens (tertiary/aromatic N) is 3. The van der Waals surface area contributed by atoms with Crippen molar-refractivity contribution in [3.8, 4) is 28.1 Å². The highest BCUT2D eigenvalue weighted by Crippen LogP contribution is 2.34. The molecule has 3 rings (SSSR count). The van der Waals surface area contributed by atoms with Gasteiger partial charge in [-0.1, -0.05) is 0 Å². The predicted octanol–water partition coefficient (Wildman–Crippen LogP) is 3.90. The molecule has 0 radical (unpaired) electrons. The number of carbonyl (C=O) groups excluding carboxylic acids is 1. The lowest BCUT2D eigenvalue weighted by atomic mass is 10.0. The van der Waals surface area contributed by atoms with E-state index >= 15 is 0 Å². The van der Waals surface area contributed by atoms with Gasteiger partial charge in [-0.3, -0.25) is 9.67 Å². The number of aryl methyl sites for hydroxylation is 1. The van der Waals surface area contributed by atoms with Gasteiger partial charge in [0.2, 0.25) is 0 Å². The number of pyridine rings is 1. The molecule has 0 amide bonds. The van der Waals surface area contributed by atoms with Crippen molar-refractivity contribution in [1.29, 1.82) is 0 Å². The lowest BCUT2D eigenvalue weighted by Gasteiger charge is -2.12. The van der Waals surface area contributed by atoms with Crippen LogP contribution in [0.5, 0.6) is 5.75 Å². The van der Waals surface area contributed by atoms with Gasteiger partial charge in [0.15, 0.2) is 17.4 Å². The minimum atomic E-state index is -5.19. The maximum Gasteiger partial charge on any atom is 0.491 e. The van der Waals surface area contributed by atoms with Gasteiger partial charge in [-0.15, -0.1) is 0 Å². The van der Waals surface area contributed by atoms with E-state index in [2.05, 4.69) is 14.8 Å². The summed E-state index contributed by atoms with van der Waals surface area (Å²) in [7, 11) is 1.59. The molecule has 0 bridgehead atoms. The van der Waals surface area contributed by atoms with Crippen molar-refractivity contribution in [1.82, 2.24) is 14.8 Å². The molecule has 0 saturated carbocycles. The Morgan fingerprint density at radius 1 is 1.07 bits per heavy atom. The van der Waals surface area contributed by atoms with E-state index in [9.17, 15) is 26.7 Å². The molecule has 0 aliphatic heterocycles. The molecular weight excluding hydrogens is 373 g/mol. The minimum absolute atomic E-state index is 0.0791. The number of ether oxygens (including phenoxy) is 1. The predicted molar refractivity (Wildman–Crippen MR) is 83.5 cm³/mol. The standard InChI is InChI=1S/C17H10F5N3O2/c1-25-8-10(6-24-25)11-5-14(9-2-3-12(18)13(19)4-9)23-7-15(11)27-16(26)17(20,21)22/h2-8H,1H3. The average molecular weight is 383 g/mol. The smallest absolute Gasteiger partial charge is 0.418 e. The Kier molecular flexibility index (Phi) is 4.64. The maximum absolute atomic E-state index is 13.5. The summed E-state index contributed by atoms with van der Waals surface area (Å²) in [6, 6.07) is 4.34. The largest absolute Gasteiger partial charge is 0.491 e. The van der Waals surface area contributed by atoms with E-state index in [1.54, 1.807) is 7.05 Å². The van der Waals surface area contributed by atoms with Crippen molar-refractivity contribution >= 4 is 5.97 Å². The lowest BCUT2D eigenvalue weighted by Crippen LogP contribution is -2.28. The summed E-state index contributed by atoms with van der Waals surface area (Å²) in [6.45, 7) is 0. The molecule has 140 valence electrons. The van der Waals surface area contributed by atoms with E-state index in [0.29, 0.717) is 5.56 Å². The van der Waals surface area contributed by atoms with Crippen LogP contribution in [0.2, 0.25) is 0 Å². The number of rotatable bonds is 3. The average Bonchev–Trinajstić information content (AvgIpc) is 3.03. The Labute approximate surface area is 149 Å². The van der Waals surface area contributed by atoms with Gasteiger partial charge >= 0.3 is 12.1 Å². The summed E-state index contributed by atoms with van der Waals surface area (Å²) in [6.07, 6.45) is -1.46. The van der Waals surface area contributed by atoms with Crippen LogP contribution in [-0.2, 0) is 11.8 Å². The molecule has 1 aromatic carbocycles. The number of aromatic nitrogens is 3. The summed E-state index contributed by atoms with van der Waals surface area (Å²) >= 11 is 0. The third kappa shape index (κ3) is 3.94. The second-order valence-electron chi connectivity index (χ2n) is 5.48. The number of esters is 1. The normalized spacial score (nSPS) is 11.5. The quantitative estimate of drug-likeness (QED) is 0.509. The molecule has 10 heteroatoms. The fraction of sp³-hybridized carbons (Fsp3) is 0.118. The fourth-order valence-electron chi connectivity index (χ4n) is 2.28. The number of halogens is 5. The second kappa shape index (κ2) is 6.78. The van der Waals surface area contributed by atoms with Crippen molar-refractivity contribution in [2.45, 2.75) is 6.18 Å². The molecule has 0 N–H and O–H groups in total. The van der Waals surface area contributed by atoms with Crippen LogP contribution in [0.4, 0.5) is 22.0 Å². The molecule has 0 saturated heterocycles. The highest BCUT2D eigenvalue weighted by atomic mass is 19.4. The highest BCUT2D eigenvalue weighted by molar-refractivity contribution is 5.82. The van der Waals surface area contributed by atoms with Crippen LogP contribution in [0.25, 0.3) is 22.4 Å². The Balaban J connectivity index is 2.09. The molecule has 0 aliphatic rings. The van der Waals surface area contributed by atoms with E-state index in [-0.39, 0.29) is 16.8 Å². The van der Waals surface area contributed by atoms with Crippen LogP contribution in [0.1, 0.15) is 0 Å². The molecule has 0 unspecified atom stereocenters. The number of alkyl halides is 3. The van der Waals surface area contributed by atoms with Crippen LogP contribution < -0.4 is 4.74 Å². The van der Waals surface area contributed by atoms with Crippen molar-refractivity contribution in [2.24, 2.45) is 7.05 Å². The molecule has 5 nitrogen and oxygen atoms in total. The molecule has 2 aromatic heterocycles. The zero-order valence-electron chi connectivity index (χ0n) is 13.6. The Morgan fingerprint density at radius 2 is 1.81 bits per heavy atom. The summed E-state index contributed by atoms with van der Waals surface area (Å²) in [5, 5.41) is 3.91. The first-order valence-electron chi connectivity index (χ1n) is 7.38. The second-order valence-corrected chi connectivity index (χ2v) is 5.48. The third-order valence-corrected chi connectivity index (χ3v) is 3.53. The molecule has 3 aromatic rings. The van der Waals surface area contributed by atoms with Crippen LogP contribution in [0.3, 0.4) is 0 Å². The van der Waals surface area contributed by atoms with E-state index in [1.807, 2.05) is 0 Å². The van der Waals surface area contributed by atoms with Crippen molar-refractivity contribution in [3.05, 3.63) is 54.5 Å². The van der Waals surface area contributed by atoms with Gasteiger partial charge < -0.3 is 4.74 Å². The fourth-order valence-corrected chi connectivity index (χ4v) is 2.28. The molecule has 0 fully saturated rings. The van der Waals surface area contributed by atoms with Crippen LogP contribution in [0.15, 0.2) is 42.9 Å². The van der Waals surface area contributed by atoms with E-state index in [0.717, 1.165) is 18.3 Å². The topological polar surface area (TPSA) is 57.0 Å². The molecule has 2 heterocycles. The lowest BCUT2D eigenvalue weighted by molar-refractivity contribution is -0.189. The first-order chi connectivity index (χ1) is 12.6. The van der Waals surface area contributed by atoms with Crippen molar-refractivity contribution < 1.29 is 31.5 Å². The summed E-state index contributed by atoms with van der Waals surface area (Å²) in [5.41, 5.74) is 0.747. The Hall–Kier alpha value is -3.30. The highest BCUT2D eigenvalue weighted by Gasteiger charge is 2.41. The first kappa shape index (κ1) is 18.5. The van der Waals surface area contributed by atoms with Crippen LogP contribution >= 0.6 is 0 Å². The summed E-state index contributed by atoms with van der Waals surface area (Å²) < 4.78 is 69.9. The molecule has 0 spiro atoms. The SMILES string of the molecule is Cn1cc(-c2cc(-c3ccc(F)c(F)c3)ncc2OC(=O)C(F)(F)F)cn1. The number of carbonyl (C=O) groups is 1. The molecular formula is C17H10F5N3O2.